The van der Waals surface area contributed by atoms with E-state index in [0.717, 1.165) is 11.1 Å². The van der Waals surface area contributed by atoms with Crippen molar-refractivity contribution < 1.29 is 9.53 Å². The number of fused-ring (bicyclic) bond motifs is 10. The first-order valence-electron chi connectivity index (χ1n) is 7.40. The zero-order valence-electron chi connectivity index (χ0n) is 11.7. The molecule has 5 rings (SSSR count). The third-order valence-electron chi connectivity index (χ3n) is 5.05. The minimum absolute atomic E-state index is 0.00573. The van der Waals surface area contributed by atoms with E-state index in [4.69, 9.17) is 4.74 Å². The molecule has 0 aromatic heterocycles. The second-order valence-corrected chi connectivity index (χ2v) is 6.22. The van der Waals surface area contributed by atoms with Crippen LogP contribution < -0.4 is 5.32 Å². The van der Waals surface area contributed by atoms with Crippen LogP contribution in [0.4, 0.5) is 0 Å². The summed E-state index contributed by atoms with van der Waals surface area (Å²) >= 11 is 0. The van der Waals surface area contributed by atoms with Crippen molar-refractivity contribution >= 4 is 5.91 Å². The van der Waals surface area contributed by atoms with Crippen LogP contribution in [0, 0.1) is 6.92 Å². The van der Waals surface area contributed by atoms with Gasteiger partial charge in [0.25, 0.3) is 5.91 Å². The van der Waals surface area contributed by atoms with E-state index in [-0.39, 0.29) is 30.1 Å². The number of nitrogens with one attached hydrogen (secondary N) is 1. The lowest BCUT2D eigenvalue weighted by Crippen LogP contribution is -2.46. The normalized spacial score (nSPS) is 31.4. The fourth-order valence-electron chi connectivity index (χ4n) is 4.18. The van der Waals surface area contributed by atoms with Crippen molar-refractivity contribution in [2.24, 2.45) is 0 Å². The van der Waals surface area contributed by atoms with Crippen molar-refractivity contribution in [1.29, 1.82) is 0 Å². The predicted molar refractivity (Wildman–Crippen MR) is 78.2 cm³/mol. The number of benzene rings is 2. The Morgan fingerprint density at radius 3 is 2.57 bits per heavy atom. The van der Waals surface area contributed by atoms with E-state index in [0.29, 0.717) is 0 Å². The molecule has 3 aliphatic rings. The summed E-state index contributed by atoms with van der Waals surface area (Å²) in [5.74, 6) is 0.261. The summed E-state index contributed by atoms with van der Waals surface area (Å²) in [6, 6.07) is 14.5. The van der Waals surface area contributed by atoms with E-state index in [2.05, 4.69) is 36.5 Å². The molecule has 2 bridgehead atoms. The van der Waals surface area contributed by atoms with Gasteiger partial charge in [0.05, 0.1) is 12.1 Å². The van der Waals surface area contributed by atoms with Crippen LogP contribution in [-0.2, 0) is 4.74 Å². The fourth-order valence-corrected chi connectivity index (χ4v) is 4.18. The van der Waals surface area contributed by atoms with Crippen molar-refractivity contribution in [3.05, 3.63) is 70.3 Å². The molecule has 2 aromatic rings. The van der Waals surface area contributed by atoms with Gasteiger partial charge in [-0.1, -0.05) is 42.0 Å². The number of amides is 1. The maximum Gasteiger partial charge on any atom is 0.251 e. The minimum Gasteiger partial charge on any atom is -0.363 e. The van der Waals surface area contributed by atoms with E-state index in [1.807, 2.05) is 18.2 Å². The molecule has 3 nitrogen and oxygen atoms in total. The smallest absolute Gasteiger partial charge is 0.251 e. The lowest BCUT2D eigenvalue weighted by atomic mass is 9.73. The first kappa shape index (κ1) is 11.5. The van der Waals surface area contributed by atoms with Gasteiger partial charge < -0.3 is 10.1 Å². The van der Waals surface area contributed by atoms with Crippen LogP contribution in [0.25, 0.3) is 0 Å². The Bertz CT molecular complexity index is 783. The number of ether oxygens (including phenoxy) is 1. The molecule has 3 aliphatic heterocycles. The zero-order valence-corrected chi connectivity index (χ0v) is 11.7. The molecule has 1 saturated heterocycles. The van der Waals surface area contributed by atoms with Crippen LogP contribution in [-0.4, -0.2) is 11.9 Å². The average molecular weight is 277 g/mol. The van der Waals surface area contributed by atoms with Crippen LogP contribution in [0.15, 0.2) is 42.5 Å². The highest BCUT2D eigenvalue weighted by Crippen LogP contribution is 2.59. The quantitative estimate of drug-likeness (QED) is 0.804. The third kappa shape index (κ3) is 1.34. The largest absolute Gasteiger partial charge is 0.363 e. The van der Waals surface area contributed by atoms with E-state index in [9.17, 15) is 4.79 Å². The van der Waals surface area contributed by atoms with Gasteiger partial charge in [0.2, 0.25) is 0 Å². The Kier molecular flexibility index (Phi) is 2.05. The molecule has 3 heterocycles. The second-order valence-electron chi connectivity index (χ2n) is 6.22. The number of aryl methyl sites for hydroxylation is 1. The van der Waals surface area contributed by atoms with Gasteiger partial charge in [0.1, 0.15) is 6.10 Å². The monoisotopic (exact) mass is 277 g/mol. The molecule has 1 amide bonds. The summed E-state index contributed by atoms with van der Waals surface area (Å²) in [6.45, 7) is 2.07. The van der Waals surface area contributed by atoms with Crippen LogP contribution in [0.1, 0.15) is 50.7 Å². The predicted octanol–water partition coefficient (Wildman–Crippen LogP) is 3.02. The van der Waals surface area contributed by atoms with Crippen LogP contribution in [0.5, 0.6) is 0 Å². The van der Waals surface area contributed by atoms with Gasteiger partial charge in [-0.25, -0.2) is 0 Å². The summed E-state index contributed by atoms with van der Waals surface area (Å²) in [4.78, 5) is 12.4. The summed E-state index contributed by atoms with van der Waals surface area (Å²) < 4.78 is 6.22. The lowest BCUT2D eigenvalue weighted by molar-refractivity contribution is 0.0611. The van der Waals surface area contributed by atoms with Gasteiger partial charge >= 0.3 is 0 Å². The molecule has 1 N–H and O–H groups in total. The van der Waals surface area contributed by atoms with Gasteiger partial charge in [-0.3, -0.25) is 4.79 Å². The van der Waals surface area contributed by atoms with Gasteiger partial charge in [0, 0.05) is 11.5 Å². The molecular weight excluding hydrogens is 262 g/mol. The average Bonchev–Trinajstić information content (AvgIpc) is 3.04. The summed E-state index contributed by atoms with van der Waals surface area (Å²) in [7, 11) is 0. The van der Waals surface area contributed by atoms with Crippen molar-refractivity contribution in [1.82, 2.24) is 5.32 Å². The van der Waals surface area contributed by atoms with E-state index in [1.54, 1.807) is 0 Å². The molecule has 21 heavy (non-hydrogen) atoms. The Labute approximate surface area is 122 Å². The van der Waals surface area contributed by atoms with Crippen LogP contribution >= 0.6 is 0 Å². The molecule has 0 radical (unpaired) electrons. The molecule has 0 saturated carbocycles. The molecular formula is C18H15NO2. The summed E-state index contributed by atoms with van der Waals surface area (Å²) in [6.07, 6.45) is 0.0613. The summed E-state index contributed by atoms with van der Waals surface area (Å²) in [5.41, 5.74) is 5.66. The third-order valence-corrected chi connectivity index (χ3v) is 5.05. The molecule has 104 valence electrons. The molecule has 2 aromatic carbocycles. The van der Waals surface area contributed by atoms with Crippen molar-refractivity contribution in [2.75, 3.05) is 0 Å². The first-order valence-corrected chi connectivity index (χ1v) is 7.40. The van der Waals surface area contributed by atoms with Gasteiger partial charge in [-0.05, 0) is 29.7 Å². The van der Waals surface area contributed by atoms with E-state index < -0.39 is 0 Å². The maximum absolute atomic E-state index is 12.4. The number of carbonyl (C=O) groups excluding carboxylic acids is 1. The highest BCUT2D eigenvalue weighted by molar-refractivity contribution is 5.98. The SMILES string of the molecule is Cc1ccc2c(c1)C1C(NC2=O)[C@H]2O[C@@H]1c1ccccc12. The Hall–Kier alpha value is -2.13. The van der Waals surface area contributed by atoms with Gasteiger partial charge in [0.15, 0.2) is 0 Å². The lowest BCUT2D eigenvalue weighted by Gasteiger charge is -2.35. The molecule has 2 unspecified atom stereocenters. The number of hydrogen-bond donors (Lipinski definition) is 1. The van der Waals surface area contributed by atoms with Crippen molar-refractivity contribution in [3.63, 3.8) is 0 Å². The Balaban J connectivity index is 1.73. The molecule has 3 heteroatoms. The van der Waals surface area contributed by atoms with E-state index >= 15 is 0 Å². The molecule has 0 spiro atoms. The Morgan fingerprint density at radius 1 is 1.00 bits per heavy atom. The molecule has 0 aliphatic carbocycles. The highest BCUT2D eigenvalue weighted by atomic mass is 16.5. The van der Waals surface area contributed by atoms with Gasteiger partial charge in [-0.2, -0.15) is 0 Å². The van der Waals surface area contributed by atoms with Crippen molar-refractivity contribution in [3.8, 4) is 0 Å². The number of carbonyl (C=O) groups is 1. The fraction of sp³-hybridized carbons (Fsp3) is 0.278. The molecule has 1 fully saturated rings. The number of rotatable bonds is 0. The van der Waals surface area contributed by atoms with E-state index in [1.165, 1.54) is 16.7 Å². The highest BCUT2D eigenvalue weighted by Gasteiger charge is 2.55. The van der Waals surface area contributed by atoms with Crippen LogP contribution in [0.3, 0.4) is 0 Å². The maximum atomic E-state index is 12.4. The standard InChI is InChI=1S/C18H15NO2/c1-9-6-7-12-13(8-9)14-15(19-18(12)20)17-11-5-3-2-4-10(11)16(14)21-17/h2-8,14-17H,1H3,(H,19,20)/t14?,15?,16-,17+/m1/s1. The summed E-state index contributed by atoms with van der Waals surface area (Å²) in [5, 5.41) is 3.16. The second kappa shape index (κ2) is 3.74. The Morgan fingerprint density at radius 2 is 1.76 bits per heavy atom. The minimum atomic E-state index is -0.00573. The van der Waals surface area contributed by atoms with Gasteiger partial charge in [-0.15, -0.1) is 0 Å². The topological polar surface area (TPSA) is 38.3 Å². The number of hydrogen-bond acceptors (Lipinski definition) is 2. The van der Waals surface area contributed by atoms with Crippen LogP contribution in [0.2, 0.25) is 0 Å². The zero-order chi connectivity index (χ0) is 14.1. The first-order chi connectivity index (χ1) is 10.2. The molecule has 4 atom stereocenters. The van der Waals surface area contributed by atoms with Crippen molar-refractivity contribution in [2.45, 2.75) is 31.1 Å².